The number of benzene rings is 7. The molecule has 47 heavy (non-hydrogen) atoms. The van der Waals surface area contributed by atoms with E-state index in [1.165, 1.54) is 27.7 Å². The highest BCUT2D eigenvalue weighted by molar-refractivity contribution is 7.02. The first kappa shape index (κ1) is 26.3. The summed E-state index contributed by atoms with van der Waals surface area (Å²) < 4.78 is 20.5. The van der Waals surface area contributed by atoms with E-state index in [2.05, 4.69) is 140 Å². The van der Waals surface area contributed by atoms with Crippen molar-refractivity contribution in [2.45, 2.75) is 0 Å². The molecule has 0 bridgehead atoms. The summed E-state index contributed by atoms with van der Waals surface area (Å²) in [6.45, 7) is -0.221. The van der Waals surface area contributed by atoms with Crippen molar-refractivity contribution in [3.8, 4) is 56.8 Å². The monoisotopic (exact) mass is 600 g/mol. The van der Waals surface area contributed by atoms with Gasteiger partial charge in [-0.2, -0.15) is 0 Å². The van der Waals surface area contributed by atoms with Gasteiger partial charge in [0.2, 0.25) is 0 Å². The summed E-state index contributed by atoms with van der Waals surface area (Å²) >= 11 is 0. The highest BCUT2D eigenvalue weighted by Gasteiger charge is 2.46. The van der Waals surface area contributed by atoms with Gasteiger partial charge in [0, 0.05) is 17.0 Å². The highest BCUT2D eigenvalue weighted by atomic mass is 16.5. The van der Waals surface area contributed by atoms with Gasteiger partial charge < -0.3 is 14.2 Å². The second-order valence-corrected chi connectivity index (χ2v) is 12.3. The normalized spacial score (nSPS) is 13.1. The summed E-state index contributed by atoms with van der Waals surface area (Å²) in [4.78, 5) is 0. The van der Waals surface area contributed by atoms with Gasteiger partial charge in [-0.15, -0.1) is 0 Å². The lowest BCUT2D eigenvalue weighted by Gasteiger charge is -2.38. The maximum absolute atomic E-state index is 7.04. The van der Waals surface area contributed by atoms with Crippen LogP contribution in [0.25, 0.3) is 22.3 Å². The number of para-hydroxylation sites is 3. The van der Waals surface area contributed by atoms with Gasteiger partial charge >= 0.3 is 0 Å². The van der Waals surface area contributed by atoms with Crippen molar-refractivity contribution in [3.05, 3.63) is 158 Å². The summed E-state index contributed by atoms with van der Waals surface area (Å²) in [6, 6.07) is 55.3. The Balaban J connectivity index is 1.32. The van der Waals surface area contributed by atoms with E-state index >= 15 is 0 Å². The first-order valence-electron chi connectivity index (χ1n) is 16.1. The van der Waals surface area contributed by atoms with Crippen molar-refractivity contribution in [1.29, 1.82) is 0 Å². The first-order valence-corrected chi connectivity index (χ1v) is 16.1. The van der Waals surface area contributed by atoms with Gasteiger partial charge in [0.15, 0.2) is 0 Å². The van der Waals surface area contributed by atoms with Crippen molar-refractivity contribution in [2.24, 2.45) is 0 Å². The van der Waals surface area contributed by atoms with Crippen LogP contribution in [-0.4, -0.2) is 13.4 Å². The van der Waals surface area contributed by atoms with Gasteiger partial charge in [0.25, 0.3) is 13.4 Å². The van der Waals surface area contributed by atoms with E-state index in [9.17, 15) is 0 Å². The van der Waals surface area contributed by atoms with Crippen molar-refractivity contribution >= 4 is 46.2 Å². The van der Waals surface area contributed by atoms with Crippen LogP contribution in [0.1, 0.15) is 0 Å². The molecule has 3 aliphatic heterocycles. The number of hydrogen-bond acceptors (Lipinski definition) is 3. The minimum absolute atomic E-state index is 0.0315. The van der Waals surface area contributed by atoms with E-state index in [-0.39, 0.29) is 13.4 Å². The second kappa shape index (κ2) is 10.3. The van der Waals surface area contributed by atoms with Crippen LogP contribution < -0.4 is 47.0 Å². The summed E-state index contributed by atoms with van der Waals surface area (Å²) in [6.07, 6.45) is 0. The molecule has 0 aromatic heterocycles. The van der Waals surface area contributed by atoms with E-state index in [4.69, 9.17) is 14.2 Å². The van der Waals surface area contributed by atoms with Crippen LogP contribution in [0.5, 0.6) is 34.5 Å². The van der Waals surface area contributed by atoms with E-state index in [1.54, 1.807) is 0 Å². The quantitative estimate of drug-likeness (QED) is 0.221. The predicted octanol–water partition coefficient (Wildman–Crippen LogP) is 6.37. The zero-order valence-electron chi connectivity index (χ0n) is 25.4. The van der Waals surface area contributed by atoms with Crippen molar-refractivity contribution in [1.82, 2.24) is 0 Å². The molecular formula is C42H26B2O3. The van der Waals surface area contributed by atoms with Crippen molar-refractivity contribution in [3.63, 3.8) is 0 Å². The Kier molecular flexibility index (Phi) is 5.76. The van der Waals surface area contributed by atoms with Gasteiger partial charge in [0.05, 0.1) is 0 Å². The van der Waals surface area contributed by atoms with Crippen molar-refractivity contribution < 1.29 is 14.2 Å². The molecule has 5 heteroatoms. The lowest BCUT2D eigenvalue weighted by molar-refractivity contribution is 0.447. The minimum Gasteiger partial charge on any atom is -0.459 e. The predicted molar refractivity (Wildman–Crippen MR) is 193 cm³/mol. The molecule has 0 atom stereocenters. The lowest BCUT2D eigenvalue weighted by atomic mass is 9.30. The molecule has 0 amide bonds. The number of hydrogen-bond donors (Lipinski definition) is 0. The average Bonchev–Trinajstić information content (AvgIpc) is 3.14. The molecule has 218 valence electrons. The van der Waals surface area contributed by atoms with Crippen LogP contribution in [0.15, 0.2) is 158 Å². The largest absolute Gasteiger partial charge is 0.459 e. The summed E-state index contributed by atoms with van der Waals surface area (Å²) in [5.41, 5.74) is 11.4. The van der Waals surface area contributed by atoms with Crippen LogP contribution in [0.3, 0.4) is 0 Å². The molecule has 0 N–H and O–H groups in total. The second-order valence-electron chi connectivity index (χ2n) is 12.3. The zero-order chi connectivity index (χ0) is 30.9. The third-order valence-corrected chi connectivity index (χ3v) is 9.77. The van der Waals surface area contributed by atoms with Crippen LogP contribution >= 0.6 is 0 Å². The van der Waals surface area contributed by atoms with Gasteiger partial charge in [0.1, 0.15) is 34.5 Å². The fraction of sp³-hybridized carbons (Fsp3) is 0. The summed E-state index contributed by atoms with van der Waals surface area (Å²) in [7, 11) is 0. The molecule has 0 saturated carbocycles. The molecule has 0 saturated heterocycles. The smallest absolute Gasteiger partial charge is 0.260 e. The average molecular weight is 600 g/mol. The molecule has 7 aromatic rings. The SMILES string of the molecule is c1ccc(-c2cccc(-c3ccccc3)c2B2c3ccccc3Oc3cc4c5c(c32)Oc2ccccc2B5c2ccccc2O4)cc1. The maximum Gasteiger partial charge on any atom is 0.260 e. The Hall–Kier alpha value is -5.93. The Bertz CT molecular complexity index is 2280. The van der Waals surface area contributed by atoms with Crippen LogP contribution in [0.2, 0.25) is 0 Å². The minimum atomic E-state index is -0.190. The number of fused-ring (bicyclic) bond motifs is 7. The molecule has 3 nitrogen and oxygen atoms in total. The molecule has 0 aliphatic carbocycles. The molecule has 0 unspecified atom stereocenters. The van der Waals surface area contributed by atoms with Gasteiger partial charge in [-0.05, 0) is 56.8 Å². The van der Waals surface area contributed by atoms with Crippen LogP contribution in [0.4, 0.5) is 0 Å². The van der Waals surface area contributed by atoms with E-state index in [1.807, 2.05) is 18.2 Å². The Labute approximate surface area is 274 Å². The van der Waals surface area contributed by atoms with Crippen molar-refractivity contribution in [2.75, 3.05) is 0 Å². The molecule has 3 heterocycles. The topological polar surface area (TPSA) is 27.7 Å². The fourth-order valence-corrected chi connectivity index (χ4v) is 7.80. The van der Waals surface area contributed by atoms with E-state index < -0.39 is 0 Å². The molecule has 0 spiro atoms. The number of ether oxygens (including phenoxy) is 3. The summed E-state index contributed by atoms with van der Waals surface area (Å²) in [5.74, 6) is 4.90. The van der Waals surface area contributed by atoms with Crippen LogP contribution in [-0.2, 0) is 0 Å². The molecule has 10 rings (SSSR count). The molecule has 0 fully saturated rings. The number of rotatable bonds is 3. The van der Waals surface area contributed by atoms with E-state index in [0.717, 1.165) is 61.8 Å². The maximum atomic E-state index is 7.04. The van der Waals surface area contributed by atoms with Gasteiger partial charge in [-0.1, -0.05) is 139 Å². The molecular weight excluding hydrogens is 574 g/mol. The molecule has 7 aromatic carbocycles. The van der Waals surface area contributed by atoms with Gasteiger partial charge in [-0.3, -0.25) is 0 Å². The Morgan fingerprint density at radius 1 is 0.319 bits per heavy atom. The first-order chi connectivity index (χ1) is 23.3. The van der Waals surface area contributed by atoms with Crippen LogP contribution in [0, 0.1) is 0 Å². The lowest BCUT2D eigenvalue weighted by Crippen LogP contribution is -2.62. The Morgan fingerprint density at radius 2 is 0.745 bits per heavy atom. The highest BCUT2D eigenvalue weighted by Crippen LogP contribution is 2.40. The summed E-state index contributed by atoms with van der Waals surface area (Å²) in [5, 5.41) is 0. The Morgan fingerprint density at radius 3 is 1.28 bits per heavy atom. The molecule has 0 radical (unpaired) electrons. The third-order valence-electron chi connectivity index (χ3n) is 9.77. The standard InChI is InChI=1S/C42H26B2O3/c1-3-14-27(15-4-1)29-18-13-19-30(28-16-5-2-6-17-28)39(29)44-33-22-9-11-24-35(33)46-38-26-37-40-42(41(38)44)47-36-25-12-8-21-32(36)43(40)31-20-7-10-23-34(31)45-37/h1-26H. The zero-order valence-corrected chi connectivity index (χ0v) is 25.4. The third kappa shape index (κ3) is 3.96. The fourth-order valence-electron chi connectivity index (χ4n) is 7.80. The molecule has 3 aliphatic rings. The van der Waals surface area contributed by atoms with E-state index in [0.29, 0.717) is 0 Å². The van der Waals surface area contributed by atoms with Gasteiger partial charge in [-0.25, -0.2) is 0 Å².